The van der Waals surface area contributed by atoms with Crippen molar-refractivity contribution in [2.75, 3.05) is 6.54 Å². The van der Waals surface area contributed by atoms with Gasteiger partial charge >= 0.3 is 0 Å². The van der Waals surface area contributed by atoms with Crippen molar-refractivity contribution in [1.29, 1.82) is 0 Å². The quantitative estimate of drug-likeness (QED) is 0.674. The molecule has 1 heterocycles. The number of benzene rings is 1. The minimum absolute atomic E-state index is 0.118. The van der Waals surface area contributed by atoms with Crippen LogP contribution >= 0.6 is 0 Å². The van der Waals surface area contributed by atoms with E-state index in [1.165, 1.54) is 11.1 Å². The van der Waals surface area contributed by atoms with Gasteiger partial charge in [0.05, 0.1) is 6.61 Å². The van der Waals surface area contributed by atoms with E-state index >= 15 is 0 Å². The molecule has 0 spiro atoms. The zero-order valence-electron chi connectivity index (χ0n) is 7.51. The van der Waals surface area contributed by atoms with Crippen molar-refractivity contribution in [2.24, 2.45) is 0 Å². The van der Waals surface area contributed by atoms with Crippen LogP contribution in [0, 0.1) is 0 Å². The first-order valence-corrected chi connectivity index (χ1v) is 4.47. The van der Waals surface area contributed by atoms with Crippen LogP contribution in [0.3, 0.4) is 0 Å². The van der Waals surface area contributed by atoms with Crippen LogP contribution in [0.5, 0.6) is 0 Å². The molecule has 0 amide bonds. The average molecular weight is 175 g/mol. The molecule has 0 fully saturated rings. The summed E-state index contributed by atoms with van der Waals surface area (Å²) in [6.07, 6.45) is 1.02. The van der Waals surface area contributed by atoms with Crippen molar-refractivity contribution in [3.63, 3.8) is 0 Å². The fourth-order valence-corrected chi connectivity index (χ4v) is 1.69. The molecule has 13 heavy (non-hydrogen) atoms. The summed E-state index contributed by atoms with van der Waals surface area (Å²) in [7, 11) is 0. The summed E-state index contributed by atoms with van der Waals surface area (Å²) in [5.74, 6) is 0. The lowest BCUT2D eigenvalue weighted by molar-refractivity contribution is 0.281. The second-order valence-electron chi connectivity index (χ2n) is 3.30. The average Bonchev–Trinajstić information content (AvgIpc) is 2.18. The van der Waals surface area contributed by atoms with E-state index in [1.54, 1.807) is 0 Å². The third-order valence-corrected chi connectivity index (χ3v) is 2.41. The molecule has 0 bridgehead atoms. The lowest BCUT2D eigenvalue weighted by Crippen LogP contribution is -2.21. The Kier molecular flexibility index (Phi) is 2.07. The van der Waals surface area contributed by atoms with Crippen LogP contribution in [0.2, 0.25) is 0 Å². The molecule has 0 atom stereocenters. The number of nitrogens with one attached hydrogen (secondary N) is 1. The fraction of sp³-hybridized carbons (Fsp3) is 0.273. The van der Waals surface area contributed by atoms with Gasteiger partial charge in [-0.2, -0.15) is 0 Å². The normalized spacial score (nSPS) is 15.0. The molecule has 1 aromatic carbocycles. The number of hydrogen-bond acceptors (Lipinski definition) is 2. The van der Waals surface area contributed by atoms with Gasteiger partial charge in [-0.25, -0.2) is 0 Å². The second kappa shape index (κ2) is 3.23. The van der Waals surface area contributed by atoms with E-state index in [2.05, 4.69) is 18.0 Å². The molecule has 0 radical (unpaired) electrons. The Hall–Kier alpha value is -1.28. The molecule has 1 aliphatic heterocycles. The van der Waals surface area contributed by atoms with Gasteiger partial charge in [0, 0.05) is 17.8 Å². The Labute approximate surface area is 77.9 Å². The van der Waals surface area contributed by atoms with Gasteiger partial charge in [0.2, 0.25) is 0 Å². The first-order chi connectivity index (χ1) is 6.31. The van der Waals surface area contributed by atoms with Crippen LogP contribution in [-0.2, 0) is 13.0 Å². The maximum absolute atomic E-state index is 8.97. The second-order valence-corrected chi connectivity index (χ2v) is 3.30. The highest BCUT2D eigenvalue weighted by Gasteiger charge is 2.11. The SMILES string of the molecule is C=C1NCCc2cc(CO)ccc21. The minimum atomic E-state index is 0.118. The molecule has 2 heteroatoms. The number of hydrogen-bond donors (Lipinski definition) is 2. The highest BCUT2D eigenvalue weighted by Crippen LogP contribution is 2.21. The summed E-state index contributed by atoms with van der Waals surface area (Å²) in [4.78, 5) is 0. The minimum Gasteiger partial charge on any atom is -0.392 e. The van der Waals surface area contributed by atoms with Gasteiger partial charge in [0.15, 0.2) is 0 Å². The third-order valence-electron chi connectivity index (χ3n) is 2.41. The van der Waals surface area contributed by atoms with Gasteiger partial charge in [-0.15, -0.1) is 0 Å². The Balaban J connectivity index is 2.45. The van der Waals surface area contributed by atoms with E-state index in [1.807, 2.05) is 12.1 Å². The Morgan fingerprint density at radius 2 is 2.31 bits per heavy atom. The fourth-order valence-electron chi connectivity index (χ4n) is 1.69. The lowest BCUT2D eigenvalue weighted by Gasteiger charge is -2.20. The van der Waals surface area contributed by atoms with Crippen LogP contribution in [0.15, 0.2) is 24.8 Å². The van der Waals surface area contributed by atoms with Crippen LogP contribution in [0.4, 0.5) is 0 Å². The van der Waals surface area contributed by atoms with Crippen molar-refractivity contribution in [1.82, 2.24) is 5.32 Å². The summed E-state index contributed by atoms with van der Waals surface area (Å²) < 4.78 is 0. The van der Waals surface area contributed by atoms with Gasteiger partial charge < -0.3 is 10.4 Å². The Morgan fingerprint density at radius 3 is 3.08 bits per heavy atom. The van der Waals surface area contributed by atoms with Crippen molar-refractivity contribution in [3.8, 4) is 0 Å². The van der Waals surface area contributed by atoms with Crippen LogP contribution in [-0.4, -0.2) is 11.7 Å². The van der Waals surface area contributed by atoms with Gasteiger partial charge in [0.25, 0.3) is 0 Å². The molecule has 0 unspecified atom stereocenters. The molecule has 2 N–H and O–H groups in total. The monoisotopic (exact) mass is 175 g/mol. The van der Waals surface area contributed by atoms with E-state index in [0.29, 0.717) is 0 Å². The molecule has 1 aliphatic rings. The van der Waals surface area contributed by atoms with Crippen molar-refractivity contribution in [2.45, 2.75) is 13.0 Å². The van der Waals surface area contributed by atoms with E-state index < -0.39 is 0 Å². The molecule has 0 aliphatic carbocycles. The van der Waals surface area contributed by atoms with Crippen molar-refractivity contribution >= 4 is 5.70 Å². The molecule has 0 saturated carbocycles. The van der Waals surface area contributed by atoms with Crippen molar-refractivity contribution in [3.05, 3.63) is 41.5 Å². The Morgan fingerprint density at radius 1 is 1.46 bits per heavy atom. The topological polar surface area (TPSA) is 32.3 Å². The zero-order valence-corrected chi connectivity index (χ0v) is 7.51. The molecule has 2 rings (SSSR count). The molecule has 0 saturated heterocycles. The number of rotatable bonds is 1. The van der Waals surface area contributed by atoms with Crippen LogP contribution in [0.1, 0.15) is 16.7 Å². The predicted octanol–water partition coefficient (Wildman–Crippen LogP) is 1.30. The van der Waals surface area contributed by atoms with Gasteiger partial charge in [0.1, 0.15) is 0 Å². The molecule has 68 valence electrons. The lowest BCUT2D eigenvalue weighted by atomic mass is 9.97. The van der Waals surface area contributed by atoms with E-state index in [4.69, 9.17) is 5.11 Å². The van der Waals surface area contributed by atoms with E-state index in [-0.39, 0.29) is 6.61 Å². The Bertz CT molecular complexity index is 344. The first kappa shape index (κ1) is 8.32. The summed E-state index contributed by atoms with van der Waals surface area (Å²) in [6, 6.07) is 6.02. The summed E-state index contributed by atoms with van der Waals surface area (Å²) in [6.45, 7) is 5.00. The highest BCUT2D eigenvalue weighted by molar-refractivity contribution is 5.66. The van der Waals surface area contributed by atoms with E-state index in [9.17, 15) is 0 Å². The first-order valence-electron chi connectivity index (χ1n) is 4.47. The van der Waals surface area contributed by atoms with Gasteiger partial charge in [-0.3, -0.25) is 0 Å². The third kappa shape index (κ3) is 1.45. The number of fused-ring (bicyclic) bond motifs is 1. The van der Waals surface area contributed by atoms with Crippen molar-refractivity contribution < 1.29 is 5.11 Å². The maximum atomic E-state index is 8.97. The van der Waals surface area contributed by atoms with Crippen LogP contribution in [0.25, 0.3) is 5.70 Å². The summed E-state index contributed by atoms with van der Waals surface area (Å²) in [5, 5.41) is 12.2. The summed E-state index contributed by atoms with van der Waals surface area (Å²) in [5.41, 5.74) is 4.44. The van der Waals surface area contributed by atoms with E-state index in [0.717, 1.165) is 24.2 Å². The molecular formula is C11H13NO. The molecular weight excluding hydrogens is 162 g/mol. The molecule has 0 aromatic heterocycles. The number of aliphatic hydroxyl groups excluding tert-OH is 1. The molecule has 2 nitrogen and oxygen atoms in total. The van der Waals surface area contributed by atoms with Crippen LogP contribution < -0.4 is 5.32 Å². The van der Waals surface area contributed by atoms with Gasteiger partial charge in [-0.1, -0.05) is 24.8 Å². The highest BCUT2D eigenvalue weighted by atomic mass is 16.3. The maximum Gasteiger partial charge on any atom is 0.0681 e. The standard InChI is InChI=1S/C11H13NO/c1-8-11-3-2-9(7-13)6-10(11)4-5-12-8/h2-3,6,12-13H,1,4-5,7H2. The van der Waals surface area contributed by atoms with Gasteiger partial charge in [-0.05, 0) is 17.5 Å². The summed E-state index contributed by atoms with van der Waals surface area (Å²) >= 11 is 0. The smallest absolute Gasteiger partial charge is 0.0681 e. The largest absolute Gasteiger partial charge is 0.392 e. The zero-order chi connectivity index (χ0) is 9.26. The predicted molar refractivity (Wildman–Crippen MR) is 53.1 cm³/mol. The molecule has 1 aromatic rings. The number of aliphatic hydroxyl groups is 1.